The lowest BCUT2D eigenvalue weighted by atomic mass is 9.95. The Morgan fingerprint density at radius 1 is 1.00 bits per heavy atom. The van der Waals surface area contributed by atoms with E-state index in [0.717, 1.165) is 4.90 Å². The second-order valence-electron chi connectivity index (χ2n) is 7.04. The van der Waals surface area contributed by atoms with E-state index >= 15 is 0 Å². The number of aromatic hydroxyl groups is 1. The van der Waals surface area contributed by atoms with Gasteiger partial charge in [0.05, 0.1) is 35.0 Å². The minimum Gasteiger partial charge on any atom is -0.507 e. The molecular formula is C24H17Cl2NO5. The Balaban J connectivity index is 2.02. The molecule has 1 aliphatic heterocycles. The van der Waals surface area contributed by atoms with E-state index in [9.17, 15) is 19.8 Å². The third-order valence-corrected chi connectivity index (χ3v) is 5.67. The van der Waals surface area contributed by atoms with Gasteiger partial charge in [-0.05, 0) is 29.8 Å². The third kappa shape index (κ3) is 3.57. The Kier molecular flexibility index (Phi) is 5.82. The zero-order chi connectivity index (χ0) is 23.0. The maximum atomic E-state index is 13.2. The number of ether oxygens (including phenoxy) is 1. The van der Waals surface area contributed by atoms with Crippen LogP contribution in [0.15, 0.2) is 72.3 Å². The number of anilines is 1. The van der Waals surface area contributed by atoms with Crippen molar-refractivity contribution in [3.63, 3.8) is 0 Å². The van der Waals surface area contributed by atoms with Crippen molar-refractivity contribution in [3.8, 4) is 11.5 Å². The molecule has 4 rings (SSSR count). The van der Waals surface area contributed by atoms with Crippen LogP contribution in [0.5, 0.6) is 11.5 Å². The number of aliphatic hydroxyl groups excluding tert-OH is 1. The van der Waals surface area contributed by atoms with Gasteiger partial charge in [-0.15, -0.1) is 0 Å². The van der Waals surface area contributed by atoms with E-state index in [4.69, 9.17) is 27.9 Å². The van der Waals surface area contributed by atoms with E-state index < -0.39 is 23.5 Å². The van der Waals surface area contributed by atoms with E-state index in [2.05, 4.69) is 0 Å². The molecule has 0 radical (unpaired) electrons. The van der Waals surface area contributed by atoms with Gasteiger partial charge in [-0.2, -0.15) is 0 Å². The molecule has 2 N–H and O–H groups in total. The first kappa shape index (κ1) is 21.7. The van der Waals surface area contributed by atoms with Crippen LogP contribution in [0.2, 0.25) is 10.0 Å². The average molecular weight is 470 g/mol. The molecule has 32 heavy (non-hydrogen) atoms. The molecule has 1 saturated heterocycles. The summed E-state index contributed by atoms with van der Waals surface area (Å²) in [6.45, 7) is 0. The number of nitrogens with zero attached hydrogens (tertiary/aromatic N) is 1. The van der Waals surface area contributed by atoms with Crippen molar-refractivity contribution in [1.29, 1.82) is 0 Å². The maximum Gasteiger partial charge on any atom is 0.300 e. The second-order valence-corrected chi connectivity index (χ2v) is 7.88. The molecule has 3 aromatic carbocycles. The van der Waals surface area contributed by atoms with Crippen LogP contribution in [0.3, 0.4) is 0 Å². The number of phenols is 1. The van der Waals surface area contributed by atoms with E-state index in [0.29, 0.717) is 5.56 Å². The molecule has 162 valence electrons. The average Bonchev–Trinajstić information content (AvgIpc) is 3.04. The highest BCUT2D eigenvalue weighted by Crippen LogP contribution is 2.46. The summed E-state index contributed by atoms with van der Waals surface area (Å²) in [7, 11) is 1.36. The smallest absolute Gasteiger partial charge is 0.300 e. The zero-order valence-corrected chi connectivity index (χ0v) is 18.3. The van der Waals surface area contributed by atoms with Gasteiger partial charge < -0.3 is 14.9 Å². The zero-order valence-electron chi connectivity index (χ0n) is 16.8. The first-order chi connectivity index (χ1) is 15.3. The summed E-state index contributed by atoms with van der Waals surface area (Å²) in [5.74, 6) is -2.38. The van der Waals surface area contributed by atoms with Gasteiger partial charge in [0.2, 0.25) is 0 Å². The van der Waals surface area contributed by atoms with Gasteiger partial charge in [-0.1, -0.05) is 65.7 Å². The number of ketones is 1. The van der Waals surface area contributed by atoms with Crippen molar-refractivity contribution in [3.05, 3.63) is 93.5 Å². The Bertz CT molecular complexity index is 1260. The number of amides is 1. The van der Waals surface area contributed by atoms with Gasteiger partial charge in [-0.3, -0.25) is 14.5 Å². The summed E-state index contributed by atoms with van der Waals surface area (Å²) < 4.78 is 5.31. The highest BCUT2D eigenvalue weighted by Gasteiger charge is 2.48. The molecule has 1 heterocycles. The van der Waals surface area contributed by atoms with Crippen LogP contribution < -0.4 is 9.64 Å². The van der Waals surface area contributed by atoms with E-state index in [1.54, 1.807) is 42.5 Å². The molecular weight excluding hydrogens is 453 g/mol. The Labute approximate surface area is 193 Å². The lowest BCUT2D eigenvalue weighted by Crippen LogP contribution is -2.29. The Morgan fingerprint density at radius 2 is 1.66 bits per heavy atom. The van der Waals surface area contributed by atoms with Crippen molar-refractivity contribution in [2.75, 3.05) is 12.0 Å². The Hall–Kier alpha value is -3.48. The largest absolute Gasteiger partial charge is 0.507 e. The van der Waals surface area contributed by atoms with Gasteiger partial charge in [0.15, 0.2) is 0 Å². The normalized spacial score (nSPS) is 17.6. The number of hydrogen-bond acceptors (Lipinski definition) is 5. The van der Waals surface area contributed by atoms with Crippen molar-refractivity contribution < 1.29 is 24.5 Å². The second kappa shape index (κ2) is 8.57. The number of benzene rings is 3. The first-order valence-corrected chi connectivity index (χ1v) is 10.3. The van der Waals surface area contributed by atoms with E-state index in [-0.39, 0.29) is 38.4 Å². The summed E-state index contributed by atoms with van der Waals surface area (Å²) >= 11 is 12.3. The molecule has 1 amide bonds. The van der Waals surface area contributed by atoms with Gasteiger partial charge in [0.25, 0.3) is 11.7 Å². The molecule has 1 fully saturated rings. The summed E-state index contributed by atoms with van der Waals surface area (Å²) in [5.41, 5.74) is 0.587. The maximum absolute atomic E-state index is 13.2. The number of Topliss-reactive ketones (excluding diaryl/α,β-unsaturated/α-hetero) is 1. The van der Waals surface area contributed by atoms with Gasteiger partial charge in [-0.25, -0.2) is 0 Å². The third-order valence-electron chi connectivity index (χ3n) is 5.17. The predicted octanol–water partition coefficient (Wildman–Crippen LogP) is 5.33. The summed E-state index contributed by atoms with van der Waals surface area (Å²) in [4.78, 5) is 27.4. The van der Waals surface area contributed by atoms with E-state index in [1.807, 2.05) is 0 Å². The fourth-order valence-corrected chi connectivity index (χ4v) is 4.36. The molecule has 3 aromatic rings. The molecule has 8 heteroatoms. The summed E-state index contributed by atoms with van der Waals surface area (Å²) in [5, 5.41) is 22.0. The molecule has 0 bridgehead atoms. The summed E-state index contributed by atoms with van der Waals surface area (Å²) in [6.07, 6.45) is 0. The molecule has 0 aliphatic carbocycles. The van der Waals surface area contributed by atoms with Crippen LogP contribution >= 0.6 is 23.2 Å². The van der Waals surface area contributed by atoms with Crippen LogP contribution in [0.25, 0.3) is 5.76 Å². The van der Waals surface area contributed by atoms with Crippen LogP contribution in [0, 0.1) is 0 Å². The fraction of sp³-hybridized carbons (Fsp3) is 0.0833. The number of methoxy groups -OCH3 is 1. The number of phenolic OH excluding ortho intramolecular Hbond substituents is 1. The molecule has 0 spiro atoms. The molecule has 1 unspecified atom stereocenters. The van der Waals surface area contributed by atoms with Gasteiger partial charge in [0.1, 0.15) is 17.3 Å². The minimum absolute atomic E-state index is 0.0706. The lowest BCUT2D eigenvalue weighted by molar-refractivity contribution is -0.132. The standard InChI is InChI=1S/C24H17Cl2NO5/c1-32-23-15(11-14(25)12-16(23)26)21(29)19-20(13-7-3-2-4-8-13)27(24(31)22(19)30)17-9-5-6-10-18(17)28/h2-12,20,28-29H,1H3/b21-19+. The molecule has 0 aromatic heterocycles. The molecule has 0 saturated carbocycles. The number of aliphatic hydroxyl groups is 1. The Morgan fingerprint density at radius 3 is 2.31 bits per heavy atom. The number of carbonyl (C=O) groups excluding carboxylic acids is 2. The topological polar surface area (TPSA) is 87.1 Å². The number of halogens is 2. The van der Waals surface area contributed by atoms with Crippen molar-refractivity contribution in [2.45, 2.75) is 6.04 Å². The molecule has 6 nitrogen and oxygen atoms in total. The fourth-order valence-electron chi connectivity index (χ4n) is 3.79. The van der Waals surface area contributed by atoms with E-state index in [1.165, 1.54) is 31.4 Å². The molecule has 1 aliphatic rings. The van der Waals surface area contributed by atoms with Crippen LogP contribution in [-0.4, -0.2) is 29.0 Å². The monoisotopic (exact) mass is 469 g/mol. The van der Waals surface area contributed by atoms with Crippen molar-refractivity contribution >= 4 is 46.3 Å². The minimum atomic E-state index is -1.01. The van der Waals surface area contributed by atoms with Crippen LogP contribution in [-0.2, 0) is 9.59 Å². The highest BCUT2D eigenvalue weighted by molar-refractivity contribution is 6.52. The lowest BCUT2D eigenvalue weighted by Gasteiger charge is -2.26. The summed E-state index contributed by atoms with van der Waals surface area (Å²) in [6, 6.07) is 16.7. The molecule has 1 atom stereocenters. The van der Waals surface area contributed by atoms with Gasteiger partial charge >= 0.3 is 0 Å². The SMILES string of the molecule is COc1c(Cl)cc(Cl)cc1/C(O)=C1\C(=O)C(=O)N(c2ccccc2O)C1c1ccccc1. The number of hydrogen-bond donors (Lipinski definition) is 2. The number of para-hydroxylation sites is 2. The van der Waals surface area contributed by atoms with Crippen molar-refractivity contribution in [2.24, 2.45) is 0 Å². The number of rotatable bonds is 4. The van der Waals surface area contributed by atoms with Crippen molar-refractivity contribution in [1.82, 2.24) is 0 Å². The predicted molar refractivity (Wildman–Crippen MR) is 122 cm³/mol. The highest BCUT2D eigenvalue weighted by atomic mass is 35.5. The number of carbonyl (C=O) groups is 2. The van der Waals surface area contributed by atoms with Crippen LogP contribution in [0.4, 0.5) is 5.69 Å². The first-order valence-electron chi connectivity index (χ1n) is 9.52. The van der Waals surface area contributed by atoms with Crippen LogP contribution in [0.1, 0.15) is 17.2 Å². The quantitative estimate of drug-likeness (QED) is 0.306. The van der Waals surface area contributed by atoms with Gasteiger partial charge in [0, 0.05) is 5.02 Å².